The highest BCUT2D eigenvalue weighted by atomic mass is 16.4. The summed E-state index contributed by atoms with van der Waals surface area (Å²) >= 11 is 0. The number of hydrogen-bond acceptors (Lipinski definition) is 5. The fourth-order valence-corrected chi connectivity index (χ4v) is 3.01. The third-order valence-corrected chi connectivity index (χ3v) is 4.72. The molecule has 2 aromatic carbocycles. The number of nitrogens with zero attached hydrogens (tertiary/aromatic N) is 4. The van der Waals surface area contributed by atoms with Gasteiger partial charge in [0.15, 0.2) is 0 Å². The first-order valence-electron chi connectivity index (χ1n) is 9.96. The summed E-state index contributed by atoms with van der Waals surface area (Å²) in [6.45, 7) is 2.24. The molecule has 0 N–H and O–H groups in total. The molecule has 1 amide bonds. The Kier molecular flexibility index (Phi) is 7.53. The molecule has 0 aliphatic heterocycles. The summed E-state index contributed by atoms with van der Waals surface area (Å²) < 4.78 is 5.73. The van der Waals surface area contributed by atoms with Crippen LogP contribution in [0.25, 0.3) is 11.5 Å². The minimum atomic E-state index is 0.113. The molecule has 1 aromatic heterocycles. The van der Waals surface area contributed by atoms with Crippen molar-refractivity contribution in [2.24, 2.45) is 0 Å². The fourth-order valence-electron chi connectivity index (χ4n) is 3.01. The zero-order chi connectivity index (χ0) is 20.5. The molecule has 1 heterocycles. The van der Waals surface area contributed by atoms with Crippen LogP contribution in [0.4, 0.5) is 0 Å². The van der Waals surface area contributed by atoms with E-state index in [9.17, 15) is 4.79 Å². The van der Waals surface area contributed by atoms with Crippen LogP contribution in [0.3, 0.4) is 0 Å². The van der Waals surface area contributed by atoms with E-state index in [-0.39, 0.29) is 5.91 Å². The van der Waals surface area contributed by atoms with Crippen molar-refractivity contribution in [3.8, 4) is 11.5 Å². The lowest BCUT2D eigenvalue weighted by molar-refractivity contribution is -0.131. The molecular weight excluding hydrogens is 364 g/mol. The van der Waals surface area contributed by atoms with E-state index in [1.54, 1.807) is 0 Å². The smallest absolute Gasteiger partial charge is 0.247 e. The van der Waals surface area contributed by atoms with Gasteiger partial charge >= 0.3 is 0 Å². The predicted octanol–water partition coefficient (Wildman–Crippen LogP) is 3.30. The van der Waals surface area contributed by atoms with E-state index >= 15 is 0 Å². The number of benzene rings is 2. The molecule has 0 aliphatic rings. The third kappa shape index (κ3) is 6.54. The second-order valence-corrected chi connectivity index (χ2v) is 7.29. The Morgan fingerprint density at radius 2 is 1.55 bits per heavy atom. The van der Waals surface area contributed by atoms with Crippen LogP contribution >= 0.6 is 0 Å². The van der Waals surface area contributed by atoms with Gasteiger partial charge in [0.25, 0.3) is 0 Å². The van der Waals surface area contributed by atoms with Gasteiger partial charge in [-0.3, -0.25) is 4.79 Å². The van der Waals surface area contributed by atoms with E-state index in [1.165, 1.54) is 5.56 Å². The highest BCUT2D eigenvalue weighted by Gasteiger charge is 2.16. The Labute approximate surface area is 172 Å². The van der Waals surface area contributed by atoms with E-state index in [0.717, 1.165) is 18.5 Å². The molecule has 0 unspecified atom stereocenters. The second-order valence-electron chi connectivity index (χ2n) is 7.29. The molecule has 0 radical (unpaired) electrons. The summed E-state index contributed by atoms with van der Waals surface area (Å²) in [4.78, 5) is 16.9. The molecule has 0 spiro atoms. The summed E-state index contributed by atoms with van der Waals surface area (Å²) in [5, 5.41) is 8.19. The van der Waals surface area contributed by atoms with Crippen molar-refractivity contribution >= 4 is 5.91 Å². The minimum absolute atomic E-state index is 0.113. The van der Waals surface area contributed by atoms with Gasteiger partial charge in [-0.2, -0.15) is 0 Å². The Morgan fingerprint density at radius 1 is 0.862 bits per heavy atom. The topological polar surface area (TPSA) is 62.5 Å². The van der Waals surface area contributed by atoms with Crippen LogP contribution in [0, 0.1) is 0 Å². The molecule has 0 bridgehead atoms. The maximum Gasteiger partial charge on any atom is 0.247 e. The lowest BCUT2D eigenvalue weighted by Gasteiger charge is -2.24. The maximum absolute atomic E-state index is 12.8. The standard InChI is InChI=1S/C23H28N4O2/c1-26(2)17-18-27(16-15-19-9-5-3-6-10-19)22(28)14-13-21-24-25-23(29-21)20-11-7-4-8-12-20/h3-12H,13-18H2,1-2H3. The van der Waals surface area contributed by atoms with Crippen molar-refractivity contribution in [1.82, 2.24) is 20.0 Å². The molecule has 3 rings (SSSR count). The molecule has 0 aliphatic carbocycles. The average molecular weight is 393 g/mol. The molecule has 6 nitrogen and oxygen atoms in total. The quantitative estimate of drug-likeness (QED) is 0.530. The molecule has 0 atom stereocenters. The van der Waals surface area contributed by atoms with Gasteiger partial charge in [0.05, 0.1) is 0 Å². The van der Waals surface area contributed by atoms with E-state index in [0.29, 0.717) is 37.7 Å². The van der Waals surface area contributed by atoms with Crippen molar-refractivity contribution in [1.29, 1.82) is 0 Å². The van der Waals surface area contributed by atoms with Crippen molar-refractivity contribution in [3.63, 3.8) is 0 Å². The van der Waals surface area contributed by atoms with Crippen LogP contribution in [0.1, 0.15) is 17.9 Å². The molecule has 152 valence electrons. The summed E-state index contributed by atoms with van der Waals surface area (Å²) in [5.41, 5.74) is 2.12. The number of aromatic nitrogens is 2. The fraction of sp³-hybridized carbons (Fsp3) is 0.348. The van der Waals surface area contributed by atoms with Gasteiger partial charge in [0.2, 0.25) is 17.7 Å². The lowest BCUT2D eigenvalue weighted by Crippen LogP contribution is -2.38. The van der Waals surface area contributed by atoms with Crippen molar-refractivity contribution in [3.05, 3.63) is 72.1 Å². The molecule has 3 aromatic rings. The minimum Gasteiger partial charge on any atom is -0.421 e. The molecule has 0 saturated carbocycles. The van der Waals surface area contributed by atoms with Gasteiger partial charge in [-0.05, 0) is 38.2 Å². The van der Waals surface area contributed by atoms with E-state index in [2.05, 4.69) is 27.2 Å². The first kappa shape index (κ1) is 20.7. The third-order valence-electron chi connectivity index (χ3n) is 4.72. The number of carbonyl (C=O) groups is 1. The van der Waals surface area contributed by atoms with Gasteiger partial charge in [-0.25, -0.2) is 0 Å². The van der Waals surface area contributed by atoms with Crippen molar-refractivity contribution in [2.75, 3.05) is 33.7 Å². The number of hydrogen-bond donors (Lipinski definition) is 0. The van der Waals surface area contributed by atoms with Gasteiger partial charge in [-0.1, -0.05) is 48.5 Å². The highest BCUT2D eigenvalue weighted by molar-refractivity contribution is 5.76. The Bertz CT molecular complexity index is 878. The second kappa shape index (κ2) is 10.5. The molecular formula is C23H28N4O2. The Balaban J connectivity index is 1.56. The Hall–Kier alpha value is -2.99. The Morgan fingerprint density at radius 3 is 2.24 bits per heavy atom. The van der Waals surface area contributed by atoms with Gasteiger partial charge in [0.1, 0.15) is 0 Å². The van der Waals surface area contributed by atoms with Crippen LogP contribution in [-0.2, 0) is 17.6 Å². The lowest BCUT2D eigenvalue weighted by atomic mass is 10.1. The monoisotopic (exact) mass is 392 g/mol. The first-order chi connectivity index (χ1) is 14.1. The number of carbonyl (C=O) groups excluding carboxylic acids is 1. The zero-order valence-electron chi connectivity index (χ0n) is 17.1. The summed E-state index contributed by atoms with van der Waals surface area (Å²) in [7, 11) is 4.03. The molecule has 6 heteroatoms. The van der Waals surface area contributed by atoms with Crippen LogP contribution in [0.15, 0.2) is 65.1 Å². The normalized spacial score (nSPS) is 11.0. The van der Waals surface area contributed by atoms with Crippen LogP contribution in [0.5, 0.6) is 0 Å². The number of amides is 1. The van der Waals surface area contributed by atoms with E-state index in [4.69, 9.17) is 4.42 Å². The number of aryl methyl sites for hydroxylation is 1. The van der Waals surface area contributed by atoms with Crippen molar-refractivity contribution < 1.29 is 9.21 Å². The highest BCUT2D eigenvalue weighted by Crippen LogP contribution is 2.17. The predicted molar refractivity (Wildman–Crippen MR) is 113 cm³/mol. The zero-order valence-corrected chi connectivity index (χ0v) is 17.1. The SMILES string of the molecule is CN(C)CCN(CCc1ccccc1)C(=O)CCc1nnc(-c2ccccc2)o1. The van der Waals surface area contributed by atoms with Crippen molar-refractivity contribution in [2.45, 2.75) is 19.3 Å². The number of rotatable bonds is 10. The van der Waals surface area contributed by atoms with Crippen LogP contribution < -0.4 is 0 Å². The van der Waals surface area contributed by atoms with Gasteiger partial charge in [0, 0.05) is 38.0 Å². The van der Waals surface area contributed by atoms with Gasteiger partial charge in [-0.15, -0.1) is 10.2 Å². The molecule has 0 saturated heterocycles. The molecule has 29 heavy (non-hydrogen) atoms. The molecule has 0 fully saturated rings. The summed E-state index contributed by atoms with van der Waals surface area (Å²) in [6, 6.07) is 19.9. The van der Waals surface area contributed by atoms with Crippen LogP contribution in [0.2, 0.25) is 0 Å². The average Bonchev–Trinajstić information content (AvgIpc) is 3.22. The van der Waals surface area contributed by atoms with Gasteiger partial charge < -0.3 is 14.2 Å². The van der Waals surface area contributed by atoms with E-state index in [1.807, 2.05) is 67.5 Å². The van der Waals surface area contributed by atoms with Crippen LogP contribution in [-0.4, -0.2) is 59.6 Å². The maximum atomic E-state index is 12.8. The largest absolute Gasteiger partial charge is 0.421 e. The number of likely N-dealkylation sites (N-methyl/N-ethyl adjacent to an activating group) is 1. The summed E-state index contributed by atoms with van der Waals surface area (Å²) in [5.74, 6) is 1.09. The van der Waals surface area contributed by atoms with E-state index < -0.39 is 0 Å². The first-order valence-corrected chi connectivity index (χ1v) is 9.96. The summed E-state index contributed by atoms with van der Waals surface area (Å²) in [6.07, 6.45) is 1.65.